The summed E-state index contributed by atoms with van der Waals surface area (Å²) in [4.78, 5) is 25.0. The maximum atomic E-state index is 12.2. The molecule has 6 nitrogen and oxygen atoms in total. The highest BCUT2D eigenvalue weighted by Crippen LogP contribution is 2.33. The van der Waals surface area contributed by atoms with E-state index in [-0.39, 0.29) is 11.5 Å². The predicted molar refractivity (Wildman–Crippen MR) is 82.1 cm³/mol. The van der Waals surface area contributed by atoms with E-state index in [1.54, 1.807) is 33.8 Å². The molecule has 0 aliphatic rings. The van der Waals surface area contributed by atoms with Crippen molar-refractivity contribution in [2.45, 2.75) is 38.8 Å². The van der Waals surface area contributed by atoms with Gasteiger partial charge in [-0.1, -0.05) is 6.07 Å². The SMILES string of the molecule is COc1ccc(C(C)(C=O)N(C)C(=O)OC(C)(C)C)cc1O. The number of phenols is 1. The second kappa shape index (κ2) is 6.25. The standard InChI is InChI=1S/C16H23NO5/c1-15(2,3)22-14(20)17(5)16(4,10-18)11-7-8-13(21-6)12(19)9-11/h7-10,19H,1-6H3. The Hall–Kier alpha value is -2.24. The summed E-state index contributed by atoms with van der Waals surface area (Å²) < 4.78 is 10.3. The minimum atomic E-state index is -1.27. The van der Waals surface area contributed by atoms with Gasteiger partial charge in [-0.3, -0.25) is 4.90 Å². The monoisotopic (exact) mass is 309 g/mol. The molecule has 0 heterocycles. The molecule has 1 rings (SSSR count). The molecule has 0 spiro atoms. The molecule has 1 N–H and O–H groups in total. The zero-order valence-corrected chi connectivity index (χ0v) is 13.8. The van der Waals surface area contributed by atoms with Crippen molar-refractivity contribution in [3.8, 4) is 11.5 Å². The molecule has 1 aromatic carbocycles. The Balaban J connectivity index is 3.17. The topological polar surface area (TPSA) is 76.1 Å². The van der Waals surface area contributed by atoms with Gasteiger partial charge < -0.3 is 19.4 Å². The van der Waals surface area contributed by atoms with E-state index in [0.29, 0.717) is 11.8 Å². The number of amides is 1. The molecule has 0 aliphatic carbocycles. The number of rotatable bonds is 4. The van der Waals surface area contributed by atoms with Crippen molar-refractivity contribution in [3.05, 3.63) is 23.8 Å². The van der Waals surface area contributed by atoms with E-state index in [1.807, 2.05) is 0 Å². The Morgan fingerprint density at radius 3 is 2.27 bits per heavy atom. The molecule has 1 atom stereocenters. The molecule has 0 saturated carbocycles. The molecule has 122 valence electrons. The zero-order chi connectivity index (χ0) is 17.1. The minimum absolute atomic E-state index is 0.106. The molecule has 1 amide bonds. The highest BCUT2D eigenvalue weighted by Gasteiger charge is 2.37. The molecule has 0 aliphatic heterocycles. The van der Waals surface area contributed by atoms with Crippen LogP contribution in [0.15, 0.2) is 18.2 Å². The van der Waals surface area contributed by atoms with Crippen molar-refractivity contribution < 1.29 is 24.2 Å². The number of nitrogens with zero attached hydrogens (tertiary/aromatic N) is 1. The first kappa shape index (κ1) is 17.8. The van der Waals surface area contributed by atoms with Crippen molar-refractivity contribution in [2.24, 2.45) is 0 Å². The van der Waals surface area contributed by atoms with Crippen molar-refractivity contribution >= 4 is 12.4 Å². The predicted octanol–water partition coefficient (Wildman–Crippen LogP) is 2.68. The first-order chi connectivity index (χ1) is 10.0. The van der Waals surface area contributed by atoms with Crippen molar-refractivity contribution in [3.63, 3.8) is 0 Å². The van der Waals surface area contributed by atoms with Crippen LogP contribution < -0.4 is 4.74 Å². The Kier molecular flexibility index (Phi) is 5.06. The number of carbonyl (C=O) groups is 2. The molecular formula is C16H23NO5. The summed E-state index contributed by atoms with van der Waals surface area (Å²) in [5.41, 5.74) is -1.49. The van der Waals surface area contributed by atoms with E-state index < -0.39 is 17.2 Å². The largest absolute Gasteiger partial charge is 0.504 e. The van der Waals surface area contributed by atoms with E-state index in [4.69, 9.17) is 9.47 Å². The average Bonchev–Trinajstić information content (AvgIpc) is 2.43. The van der Waals surface area contributed by atoms with Crippen LogP contribution in [0.1, 0.15) is 33.3 Å². The highest BCUT2D eigenvalue weighted by molar-refractivity contribution is 5.78. The van der Waals surface area contributed by atoms with Crippen LogP contribution in [0.4, 0.5) is 4.79 Å². The van der Waals surface area contributed by atoms with Crippen LogP contribution >= 0.6 is 0 Å². The lowest BCUT2D eigenvalue weighted by molar-refractivity contribution is -0.117. The first-order valence-electron chi connectivity index (χ1n) is 6.86. The van der Waals surface area contributed by atoms with Gasteiger partial charge in [-0.15, -0.1) is 0 Å². The van der Waals surface area contributed by atoms with Gasteiger partial charge in [-0.05, 0) is 45.4 Å². The second-order valence-electron chi connectivity index (χ2n) is 6.19. The molecule has 6 heteroatoms. The number of methoxy groups -OCH3 is 1. The molecular weight excluding hydrogens is 286 g/mol. The molecule has 0 bridgehead atoms. The lowest BCUT2D eigenvalue weighted by Gasteiger charge is -2.35. The van der Waals surface area contributed by atoms with Crippen molar-refractivity contribution in [1.29, 1.82) is 0 Å². The van der Waals surface area contributed by atoms with Gasteiger partial charge in [0.05, 0.1) is 7.11 Å². The lowest BCUT2D eigenvalue weighted by Crippen LogP contribution is -2.48. The number of aldehydes is 1. The van der Waals surface area contributed by atoms with Gasteiger partial charge in [0, 0.05) is 7.05 Å². The minimum Gasteiger partial charge on any atom is -0.504 e. The molecule has 0 radical (unpaired) electrons. The van der Waals surface area contributed by atoms with E-state index >= 15 is 0 Å². The molecule has 0 aromatic heterocycles. The van der Waals surface area contributed by atoms with E-state index in [0.717, 1.165) is 0 Å². The van der Waals surface area contributed by atoms with Crippen molar-refractivity contribution in [1.82, 2.24) is 4.90 Å². The van der Waals surface area contributed by atoms with E-state index in [2.05, 4.69) is 0 Å². The maximum Gasteiger partial charge on any atom is 0.411 e. The fourth-order valence-electron chi connectivity index (χ4n) is 1.87. The number of aromatic hydroxyl groups is 1. The molecule has 0 saturated heterocycles. The van der Waals surface area contributed by atoms with Gasteiger partial charge in [0.1, 0.15) is 17.4 Å². The Morgan fingerprint density at radius 2 is 1.86 bits per heavy atom. The zero-order valence-electron chi connectivity index (χ0n) is 13.8. The number of phenolic OH excluding ortho intramolecular Hbond substituents is 1. The van der Waals surface area contributed by atoms with Crippen LogP contribution in [-0.2, 0) is 15.1 Å². The first-order valence-corrected chi connectivity index (χ1v) is 6.86. The van der Waals surface area contributed by atoms with E-state index in [9.17, 15) is 14.7 Å². The molecule has 1 aromatic rings. The number of ether oxygens (including phenoxy) is 2. The Labute approximate surface area is 130 Å². The summed E-state index contributed by atoms with van der Waals surface area (Å²) in [6.07, 6.45) is 0.00967. The second-order valence-corrected chi connectivity index (χ2v) is 6.19. The van der Waals surface area contributed by atoms with Crippen molar-refractivity contribution in [2.75, 3.05) is 14.2 Å². The maximum absolute atomic E-state index is 12.2. The average molecular weight is 309 g/mol. The number of hydrogen-bond acceptors (Lipinski definition) is 5. The summed E-state index contributed by atoms with van der Waals surface area (Å²) in [5, 5.41) is 9.88. The van der Waals surface area contributed by atoms with Gasteiger partial charge in [0.2, 0.25) is 0 Å². The van der Waals surface area contributed by atoms with Crippen LogP contribution in [0.3, 0.4) is 0 Å². The summed E-state index contributed by atoms with van der Waals surface area (Å²) in [6.45, 7) is 6.81. The summed E-state index contributed by atoms with van der Waals surface area (Å²) in [6, 6.07) is 4.55. The van der Waals surface area contributed by atoms with Crippen LogP contribution in [0, 0.1) is 0 Å². The third kappa shape index (κ3) is 3.69. The molecule has 0 fully saturated rings. The van der Waals surface area contributed by atoms with Crippen LogP contribution in [0.25, 0.3) is 0 Å². The number of benzene rings is 1. The highest BCUT2D eigenvalue weighted by atomic mass is 16.6. The molecule has 1 unspecified atom stereocenters. The number of hydrogen-bond donors (Lipinski definition) is 1. The Morgan fingerprint density at radius 1 is 1.27 bits per heavy atom. The molecule has 22 heavy (non-hydrogen) atoms. The fourth-order valence-corrected chi connectivity index (χ4v) is 1.87. The van der Waals surface area contributed by atoms with Crippen LogP contribution in [0.5, 0.6) is 11.5 Å². The summed E-state index contributed by atoms with van der Waals surface area (Å²) >= 11 is 0. The third-order valence-corrected chi connectivity index (χ3v) is 3.36. The summed E-state index contributed by atoms with van der Waals surface area (Å²) in [5.74, 6) is 0.183. The van der Waals surface area contributed by atoms with Crippen LogP contribution in [0.2, 0.25) is 0 Å². The number of carbonyl (C=O) groups excluding carboxylic acids is 2. The Bertz CT molecular complexity index is 564. The van der Waals surface area contributed by atoms with Gasteiger partial charge in [-0.25, -0.2) is 4.79 Å². The van der Waals surface area contributed by atoms with Gasteiger partial charge in [-0.2, -0.15) is 0 Å². The van der Waals surface area contributed by atoms with Gasteiger partial charge in [0.25, 0.3) is 0 Å². The van der Waals surface area contributed by atoms with E-state index in [1.165, 1.54) is 31.2 Å². The third-order valence-electron chi connectivity index (χ3n) is 3.36. The smallest absolute Gasteiger partial charge is 0.411 e. The van der Waals surface area contributed by atoms with Gasteiger partial charge >= 0.3 is 6.09 Å². The fraction of sp³-hybridized carbons (Fsp3) is 0.500. The lowest BCUT2D eigenvalue weighted by atomic mass is 9.92. The normalized spacial score (nSPS) is 13.9. The van der Waals surface area contributed by atoms with Gasteiger partial charge in [0.15, 0.2) is 11.5 Å². The quantitative estimate of drug-likeness (QED) is 0.865. The number of likely N-dealkylation sites (N-methyl/N-ethyl adjacent to an activating group) is 1. The van der Waals surface area contributed by atoms with Crippen LogP contribution in [-0.4, -0.2) is 42.1 Å². The summed E-state index contributed by atoms with van der Waals surface area (Å²) in [7, 11) is 2.91.